The Labute approximate surface area is 101 Å². The SMILES string of the molecule is NCCCN1Cc2ccccc2CC1C(=O)O. The van der Waals surface area contributed by atoms with Crippen LogP contribution < -0.4 is 5.73 Å². The topological polar surface area (TPSA) is 66.6 Å². The van der Waals surface area contributed by atoms with Crippen LogP contribution >= 0.6 is 0 Å². The minimum atomic E-state index is -0.739. The van der Waals surface area contributed by atoms with Gasteiger partial charge in [0.2, 0.25) is 0 Å². The van der Waals surface area contributed by atoms with Gasteiger partial charge in [-0.3, -0.25) is 9.69 Å². The van der Waals surface area contributed by atoms with Gasteiger partial charge in [0.25, 0.3) is 0 Å². The molecule has 0 spiro atoms. The van der Waals surface area contributed by atoms with Gasteiger partial charge in [0.1, 0.15) is 6.04 Å². The molecule has 0 fully saturated rings. The summed E-state index contributed by atoms with van der Waals surface area (Å²) in [6.45, 7) is 2.07. The molecule has 1 aromatic carbocycles. The van der Waals surface area contributed by atoms with Crippen molar-refractivity contribution >= 4 is 5.97 Å². The van der Waals surface area contributed by atoms with Crippen molar-refractivity contribution in [2.24, 2.45) is 5.73 Å². The Kier molecular flexibility index (Phi) is 3.76. The van der Waals surface area contributed by atoms with Crippen molar-refractivity contribution < 1.29 is 9.90 Å². The number of rotatable bonds is 4. The van der Waals surface area contributed by atoms with Crippen molar-refractivity contribution in [3.05, 3.63) is 35.4 Å². The fourth-order valence-corrected chi connectivity index (χ4v) is 2.35. The molecule has 1 unspecified atom stereocenters. The van der Waals surface area contributed by atoms with Gasteiger partial charge in [-0.2, -0.15) is 0 Å². The van der Waals surface area contributed by atoms with Crippen LogP contribution in [0.3, 0.4) is 0 Å². The highest BCUT2D eigenvalue weighted by molar-refractivity contribution is 5.74. The molecule has 0 aliphatic carbocycles. The number of carboxylic acids is 1. The molecule has 1 heterocycles. The second-order valence-corrected chi connectivity index (χ2v) is 4.44. The lowest BCUT2D eigenvalue weighted by atomic mass is 9.94. The molecule has 1 aliphatic heterocycles. The number of nitrogens with zero attached hydrogens (tertiary/aromatic N) is 1. The molecule has 2 rings (SSSR count). The lowest BCUT2D eigenvalue weighted by molar-refractivity contribution is -0.144. The first kappa shape index (κ1) is 12.1. The number of aliphatic carboxylic acids is 1. The Morgan fingerprint density at radius 1 is 1.41 bits per heavy atom. The molecule has 0 bridgehead atoms. The standard InChI is InChI=1S/C13H18N2O2/c14-6-3-7-15-9-11-5-2-1-4-10(11)8-12(15)13(16)17/h1-2,4-5,12H,3,6-9,14H2,(H,16,17). The number of fused-ring (bicyclic) bond motifs is 1. The average molecular weight is 234 g/mol. The predicted octanol–water partition coefficient (Wildman–Crippen LogP) is 0.847. The summed E-state index contributed by atoms with van der Waals surface area (Å²) in [4.78, 5) is 13.3. The Hall–Kier alpha value is -1.39. The van der Waals surface area contributed by atoms with E-state index in [9.17, 15) is 9.90 Å². The van der Waals surface area contributed by atoms with Crippen molar-refractivity contribution in [3.63, 3.8) is 0 Å². The highest BCUT2D eigenvalue weighted by Gasteiger charge is 2.30. The van der Waals surface area contributed by atoms with E-state index in [0.29, 0.717) is 19.5 Å². The lowest BCUT2D eigenvalue weighted by Crippen LogP contribution is -2.46. The normalized spacial score (nSPS) is 19.9. The largest absolute Gasteiger partial charge is 0.480 e. The van der Waals surface area contributed by atoms with E-state index >= 15 is 0 Å². The minimum Gasteiger partial charge on any atom is -0.480 e. The molecular formula is C13H18N2O2. The van der Waals surface area contributed by atoms with Crippen molar-refractivity contribution in [3.8, 4) is 0 Å². The quantitative estimate of drug-likeness (QED) is 0.810. The van der Waals surface area contributed by atoms with Gasteiger partial charge >= 0.3 is 5.97 Å². The van der Waals surface area contributed by atoms with Gasteiger partial charge in [0.15, 0.2) is 0 Å². The molecule has 0 saturated heterocycles. The average Bonchev–Trinajstić information content (AvgIpc) is 2.35. The zero-order chi connectivity index (χ0) is 12.3. The summed E-state index contributed by atoms with van der Waals surface area (Å²) >= 11 is 0. The van der Waals surface area contributed by atoms with E-state index in [4.69, 9.17) is 5.73 Å². The number of carboxylic acid groups (broad SMARTS) is 1. The molecule has 0 aromatic heterocycles. The number of hydrogen-bond acceptors (Lipinski definition) is 3. The van der Waals surface area contributed by atoms with Gasteiger partial charge in [-0.25, -0.2) is 0 Å². The molecule has 0 saturated carbocycles. The summed E-state index contributed by atoms with van der Waals surface area (Å²) in [6.07, 6.45) is 1.43. The number of benzene rings is 1. The maximum atomic E-state index is 11.3. The molecule has 0 amide bonds. The zero-order valence-electron chi connectivity index (χ0n) is 9.80. The van der Waals surface area contributed by atoms with Crippen molar-refractivity contribution in [2.45, 2.75) is 25.4 Å². The van der Waals surface area contributed by atoms with E-state index < -0.39 is 12.0 Å². The third kappa shape index (κ3) is 2.65. The minimum absolute atomic E-state index is 0.406. The van der Waals surface area contributed by atoms with Gasteiger partial charge in [0.05, 0.1) is 0 Å². The van der Waals surface area contributed by atoms with Crippen LogP contribution in [0.1, 0.15) is 17.5 Å². The van der Waals surface area contributed by atoms with Crippen LogP contribution in [0, 0.1) is 0 Å². The highest BCUT2D eigenvalue weighted by atomic mass is 16.4. The van der Waals surface area contributed by atoms with Gasteiger partial charge in [-0.05, 0) is 30.5 Å². The van der Waals surface area contributed by atoms with E-state index in [-0.39, 0.29) is 0 Å². The van der Waals surface area contributed by atoms with Crippen LogP contribution in [0.25, 0.3) is 0 Å². The molecule has 1 aromatic rings. The summed E-state index contributed by atoms with van der Waals surface area (Å²) in [6, 6.07) is 7.65. The maximum absolute atomic E-state index is 11.3. The van der Waals surface area contributed by atoms with Crippen molar-refractivity contribution in [2.75, 3.05) is 13.1 Å². The van der Waals surface area contributed by atoms with Crippen LogP contribution in [0.4, 0.5) is 0 Å². The van der Waals surface area contributed by atoms with Crippen molar-refractivity contribution in [1.82, 2.24) is 4.90 Å². The fraction of sp³-hybridized carbons (Fsp3) is 0.462. The smallest absolute Gasteiger partial charge is 0.321 e. The summed E-state index contributed by atoms with van der Waals surface area (Å²) in [5.41, 5.74) is 7.88. The van der Waals surface area contributed by atoms with E-state index in [2.05, 4.69) is 6.07 Å². The molecule has 1 aliphatic rings. The third-order valence-electron chi connectivity index (χ3n) is 3.28. The second kappa shape index (κ2) is 5.29. The van der Waals surface area contributed by atoms with Gasteiger partial charge in [-0.15, -0.1) is 0 Å². The zero-order valence-corrected chi connectivity index (χ0v) is 9.80. The molecular weight excluding hydrogens is 216 g/mol. The number of carbonyl (C=O) groups is 1. The van der Waals surface area contributed by atoms with Crippen LogP contribution in [0.2, 0.25) is 0 Å². The van der Waals surface area contributed by atoms with Gasteiger partial charge < -0.3 is 10.8 Å². The molecule has 1 atom stereocenters. The van der Waals surface area contributed by atoms with Crippen LogP contribution in [-0.2, 0) is 17.8 Å². The number of hydrogen-bond donors (Lipinski definition) is 2. The summed E-state index contributed by atoms with van der Waals surface area (Å²) in [5, 5.41) is 9.26. The van der Waals surface area contributed by atoms with Crippen LogP contribution in [0.5, 0.6) is 0 Å². The Balaban J connectivity index is 2.18. The molecule has 0 radical (unpaired) electrons. The van der Waals surface area contributed by atoms with E-state index in [1.807, 2.05) is 23.1 Å². The summed E-state index contributed by atoms with van der Waals surface area (Å²) < 4.78 is 0. The van der Waals surface area contributed by atoms with E-state index in [0.717, 1.165) is 18.5 Å². The summed E-state index contributed by atoms with van der Waals surface area (Å²) in [5.74, 6) is -0.739. The number of nitrogens with two attached hydrogens (primary N) is 1. The fourth-order valence-electron chi connectivity index (χ4n) is 2.35. The molecule has 3 N–H and O–H groups in total. The first-order valence-electron chi connectivity index (χ1n) is 5.96. The molecule has 17 heavy (non-hydrogen) atoms. The Bertz CT molecular complexity index is 406. The Morgan fingerprint density at radius 3 is 2.76 bits per heavy atom. The van der Waals surface area contributed by atoms with Crippen LogP contribution in [-0.4, -0.2) is 35.1 Å². The van der Waals surface area contributed by atoms with Gasteiger partial charge in [0, 0.05) is 13.1 Å². The van der Waals surface area contributed by atoms with Crippen LogP contribution in [0.15, 0.2) is 24.3 Å². The predicted molar refractivity (Wildman–Crippen MR) is 65.7 cm³/mol. The third-order valence-corrected chi connectivity index (χ3v) is 3.28. The Morgan fingerprint density at radius 2 is 2.12 bits per heavy atom. The monoisotopic (exact) mass is 234 g/mol. The van der Waals surface area contributed by atoms with Gasteiger partial charge in [-0.1, -0.05) is 24.3 Å². The molecule has 92 valence electrons. The highest BCUT2D eigenvalue weighted by Crippen LogP contribution is 2.23. The van der Waals surface area contributed by atoms with E-state index in [1.54, 1.807) is 0 Å². The first-order valence-corrected chi connectivity index (χ1v) is 5.96. The maximum Gasteiger partial charge on any atom is 0.321 e. The molecule has 4 heteroatoms. The lowest BCUT2D eigenvalue weighted by Gasteiger charge is -2.34. The van der Waals surface area contributed by atoms with E-state index in [1.165, 1.54) is 5.56 Å². The summed E-state index contributed by atoms with van der Waals surface area (Å²) in [7, 11) is 0. The molecule has 4 nitrogen and oxygen atoms in total. The van der Waals surface area contributed by atoms with Crippen molar-refractivity contribution in [1.29, 1.82) is 0 Å². The second-order valence-electron chi connectivity index (χ2n) is 4.44. The first-order chi connectivity index (χ1) is 8.22.